The number of hydrogen-bond donors (Lipinski definition) is 1. The number of carbonyl (C=O) groups excluding carboxylic acids is 1. The second kappa shape index (κ2) is 8.72. The van der Waals surface area contributed by atoms with Crippen LogP contribution in [0, 0.1) is 5.82 Å². The molecule has 1 amide bonds. The second-order valence-electron chi connectivity index (χ2n) is 5.71. The number of sulfonamides is 1. The topological polar surface area (TPSA) is 84.9 Å². The lowest BCUT2D eigenvalue weighted by Gasteiger charge is -2.23. The van der Waals surface area contributed by atoms with Gasteiger partial charge < -0.3 is 14.8 Å². The van der Waals surface area contributed by atoms with Gasteiger partial charge in [-0.05, 0) is 29.8 Å². The molecule has 2 aromatic carbocycles. The first-order valence-corrected chi connectivity index (χ1v) is 9.80. The summed E-state index contributed by atoms with van der Waals surface area (Å²) >= 11 is 0. The molecule has 7 nitrogen and oxygen atoms in total. The Morgan fingerprint density at radius 1 is 1.07 bits per heavy atom. The molecule has 1 N–H and O–H groups in total. The van der Waals surface area contributed by atoms with Crippen molar-refractivity contribution >= 4 is 21.6 Å². The van der Waals surface area contributed by atoms with E-state index >= 15 is 0 Å². The van der Waals surface area contributed by atoms with E-state index in [2.05, 4.69) is 5.32 Å². The quantitative estimate of drug-likeness (QED) is 0.737. The number of nitrogens with zero attached hydrogens (tertiary/aromatic N) is 1. The maximum atomic E-state index is 12.9. The fourth-order valence-electron chi connectivity index (χ4n) is 2.37. The van der Waals surface area contributed by atoms with Crippen molar-refractivity contribution in [1.82, 2.24) is 5.32 Å². The van der Waals surface area contributed by atoms with Crippen molar-refractivity contribution in [2.75, 3.05) is 31.3 Å². The Bertz CT molecular complexity index is 900. The summed E-state index contributed by atoms with van der Waals surface area (Å²) in [6.07, 6.45) is 1.01. The molecule has 0 saturated carbocycles. The lowest BCUT2D eigenvalue weighted by molar-refractivity contribution is -0.119. The number of halogens is 1. The predicted molar refractivity (Wildman–Crippen MR) is 100.0 cm³/mol. The first-order chi connectivity index (χ1) is 12.7. The van der Waals surface area contributed by atoms with E-state index in [1.54, 1.807) is 6.07 Å². The first-order valence-electron chi connectivity index (χ1n) is 7.95. The predicted octanol–water partition coefficient (Wildman–Crippen LogP) is 1.93. The van der Waals surface area contributed by atoms with Gasteiger partial charge in [-0.2, -0.15) is 0 Å². The third kappa shape index (κ3) is 5.58. The van der Waals surface area contributed by atoms with Gasteiger partial charge in [0.25, 0.3) is 0 Å². The molecule has 0 spiro atoms. The van der Waals surface area contributed by atoms with Crippen LogP contribution in [0.3, 0.4) is 0 Å². The number of methoxy groups -OCH3 is 2. The molecule has 0 fully saturated rings. The van der Waals surface area contributed by atoms with Crippen molar-refractivity contribution in [3.05, 3.63) is 53.8 Å². The Balaban J connectivity index is 2.15. The highest BCUT2D eigenvalue weighted by Gasteiger charge is 2.22. The Hall–Kier alpha value is -2.81. The van der Waals surface area contributed by atoms with Crippen molar-refractivity contribution in [3.63, 3.8) is 0 Å². The van der Waals surface area contributed by atoms with Crippen LogP contribution in [0.15, 0.2) is 42.5 Å². The zero-order chi connectivity index (χ0) is 20.0. The number of amides is 1. The van der Waals surface area contributed by atoms with Crippen LogP contribution in [0.4, 0.5) is 10.1 Å². The zero-order valence-corrected chi connectivity index (χ0v) is 16.0. The van der Waals surface area contributed by atoms with Gasteiger partial charge in [-0.25, -0.2) is 12.8 Å². The number of nitrogens with one attached hydrogen (secondary N) is 1. The summed E-state index contributed by atoms with van der Waals surface area (Å²) in [4.78, 5) is 12.2. The van der Waals surface area contributed by atoms with E-state index in [-0.39, 0.29) is 18.0 Å². The van der Waals surface area contributed by atoms with Gasteiger partial charge in [0, 0.05) is 12.6 Å². The third-order valence-electron chi connectivity index (χ3n) is 3.75. The van der Waals surface area contributed by atoms with Crippen LogP contribution in [0.1, 0.15) is 5.56 Å². The maximum Gasteiger partial charge on any atom is 0.241 e. The van der Waals surface area contributed by atoms with Gasteiger partial charge in [0.05, 0.1) is 26.2 Å². The number of ether oxygens (including phenoxy) is 2. The van der Waals surface area contributed by atoms with Gasteiger partial charge in [0.15, 0.2) is 11.5 Å². The van der Waals surface area contributed by atoms with Crippen molar-refractivity contribution in [2.24, 2.45) is 0 Å². The van der Waals surface area contributed by atoms with Crippen LogP contribution in [0.2, 0.25) is 0 Å². The lowest BCUT2D eigenvalue weighted by atomic mass is 10.2. The Kier molecular flexibility index (Phi) is 6.62. The van der Waals surface area contributed by atoms with E-state index in [1.807, 2.05) is 0 Å². The fraction of sp³-hybridized carbons (Fsp3) is 0.278. The number of rotatable bonds is 8. The summed E-state index contributed by atoms with van der Waals surface area (Å²) in [5, 5.41) is 2.62. The summed E-state index contributed by atoms with van der Waals surface area (Å²) in [7, 11) is -0.820. The highest BCUT2D eigenvalue weighted by molar-refractivity contribution is 7.92. The molecule has 9 heteroatoms. The minimum Gasteiger partial charge on any atom is -0.493 e. The molecule has 0 aromatic heterocycles. The summed E-state index contributed by atoms with van der Waals surface area (Å²) in [5.74, 6) is -0.0906. The minimum atomic E-state index is -3.72. The van der Waals surface area contributed by atoms with Crippen LogP contribution in [0.25, 0.3) is 0 Å². The zero-order valence-electron chi connectivity index (χ0n) is 15.2. The van der Waals surface area contributed by atoms with Gasteiger partial charge in [0.1, 0.15) is 12.4 Å². The van der Waals surface area contributed by atoms with Crippen LogP contribution < -0.4 is 19.1 Å². The fourth-order valence-corrected chi connectivity index (χ4v) is 3.22. The van der Waals surface area contributed by atoms with Crippen LogP contribution in [-0.2, 0) is 21.4 Å². The highest BCUT2D eigenvalue weighted by atomic mass is 32.2. The van der Waals surface area contributed by atoms with Crippen LogP contribution in [-0.4, -0.2) is 41.3 Å². The first kappa shape index (κ1) is 20.5. The van der Waals surface area contributed by atoms with E-state index in [9.17, 15) is 17.6 Å². The van der Waals surface area contributed by atoms with Crippen LogP contribution in [0.5, 0.6) is 11.5 Å². The van der Waals surface area contributed by atoms with E-state index in [1.165, 1.54) is 50.6 Å². The smallest absolute Gasteiger partial charge is 0.241 e. The van der Waals surface area contributed by atoms with E-state index in [0.29, 0.717) is 17.1 Å². The molecule has 0 saturated heterocycles. The SMILES string of the molecule is COc1ccc(N(CC(=O)NCc2ccc(F)cc2)S(C)(=O)=O)cc1OC. The normalized spacial score (nSPS) is 11.0. The van der Waals surface area contributed by atoms with Crippen molar-refractivity contribution in [3.8, 4) is 11.5 Å². The number of anilines is 1. The summed E-state index contributed by atoms with van der Waals surface area (Å²) in [5.41, 5.74) is 0.967. The Labute approximate surface area is 157 Å². The van der Waals surface area contributed by atoms with Gasteiger partial charge in [-0.15, -0.1) is 0 Å². The average Bonchev–Trinajstić information content (AvgIpc) is 2.64. The highest BCUT2D eigenvalue weighted by Crippen LogP contribution is 2.32. The summed E-state index contributed by atoms with van der Waals surface area (Å²) < 4.78 is 48.5. The maximum absolute atomic E-state index is 12.9. The molecular formula is C18H21FN2O5S. The lowest BCUT2D eigenvalue weighted by Crippen LogP contribution is -2.40. The van der Waals surface area contributed by atoms with Gasteiger partial charge in [-0.1, -0.05) is 12.1 Å². The van der Waals surface area contributed by atoms with Crippen LogP contribution >= 0.6 is 0 Å². The standard InChI is InChI=1S/C18H21FN2O5S/c1-25-16-9-8-15(10-17(16)26-2)21(27(3,23)24)12-18(22)20-11-13-4-6-14(19)7-5-13/h4-10H,11-12H2,1-3H3,(H,20,22). The Morgan fingerprint density at radius 3 is 2.26 bits per heavy atom. The number of hydrogen-bond acceptors (Lipinski definition) is 5. The molecule has 0 atom stereocenters. The minimum absolute atomic E-state index is 0.155. The largest absolute Gasteiger partial charge is 0.493 e. The molecule has 0 bridgehead atoms. The second-order valence-corrected chi connectivity index (χ2v) is 7.62. The Morgan fingerprint density at radius 2 is 1.70 bits per heavy atom. The monoisotopic (exact) mass is 396 g/mol. The van der Waals surface area contributed by atoms with E-state index in [0.717, 1.165) is 10.6 Å². The summed E-state index contributed by atoms with van der Waals surface area (Å²) in [6.45, 7) is -0.252. The van der Waals surface area contributed by atoms with E-state index < -0.39 is 22.5 Å². The summed E-state index contributed by atoms with van der Waals surface area (Å²) in [6, 6.07) is 10.2. The van der Waals surface area contributed by atoms with Gasteiger partial charge >= 0.3 is 0 Å². The van der Waals surface area contributed by atoms with Crippen molar-refractivity contribution < 1.29 is 27.1 Å². The molecule has 2 aromatic rings. The van der Waals surface area contributed by atoms with Gasteiger partial charge in [-0.3, -0.25) is 9.10 Å². The third-order valence-corrected chi connectivity index (χ3v) is 4.89. The molecule has 0 aliphatic heterocycles. The van der Waals surface area contributed by atoms with Crippen molar-refractivity contribution in [1.29, 1.82) is 0 Å². The molecule has 0 unspecified atom stereocenters. The molecule has 0 heterocycles. The molecule has 0 radical (unpaired) electrons. The molecule has 146 valence electrons. The molecule has 27 heavy (non-hydrogen) atoms. The number of benzene rings is 2. The van der Waals surface area contributed by atoms with Gasteiger partial charge in [0.2, 0.25) is 15.9 Å². The number of carbonyl (C=O) groups is 1. The molecule has 2 rings (SSSR count). The molecular weight excluding hydrogens is 375 g/mol. The molecule has 0 aliphatic carbocycles. The van der Waals surface area contributed by atoms with E-state index in [4.69, 9.17) is 9.47 Å². The van der Waals surface area contributed by atoms with Crippen molar-refractivity contribution in [2.45, 2.75) is 6.54 Å². The molecule has 0 aliphatic rings. The average molecular weight is 396 g/mol.